The number of carbonyl (C=O) groups is 1. The molecule has 2 rings (SSSR count). The van der Waals surface area contributed by atoms with Crippen molar-refractivity contribution in [3.8, 4) is 0 Å². The number of carbonyl (C=O) groups excluding carboxylic acids is 1. The second-order valence-electron chi connectivity index (χ2n) is 4.49. The fourth-order valence-corrected chi connectivity index (χ4v) is 1.74. The molecule has 0 fully saturated rings. The molecule has 0 spiro atoms. The Morgan fingerprint density at radius 3 is 2.86 bits per heavy atom. The van der Waals surface area contributed by atoms with Crippen molar-refractivity contribution in [1.82, 2.24) is 15.3 Å². The van der Waals surface area contributed by atoms with Crippen LogP contribution in [0.2, 0.25) is 0 Å². The predicted molar refractivity (Wildman–Crippen MR) is 78.4 cm³/mol. The highest BCUT2D eigenvalue weighted by Gasteiger charge is 2.09. The molecule has 1 aromatic carbocycles. The van der Waals surface area contributed by atoms with Gasteiger partial charge in [0.25, 0.3) is 5.91 Å². The maximum atomic E-state index is 13.5. The minimum Gasteiger partial charge on any atom is -0.370 e. The Morgan fingerprint density at radius 2 is 2.10 bits per heavy atom. The molecule has 0 radical (unpaired) electrons. The molecule has 1 aromatic heterocycles. The zero-order chi connectivity index (χ0) is 15.1. The standard InChI is InChI=1S/C15H17FN4O/c1-2-7-17-14-8-13(19-10-20-14)15(21)18-9-11-5-3-4-6-12(11)16/h3-6,8,10H,2,7,9H2,1H3,(H,18,21)(H,17,19,20). The number of hydrogen-bond acceptors (Lipinski definition) is 4. The highest BCUT2D eigenvalue weighted by atomic mass is 19.1. The van der Waals surface area contributed by atoms with Crippen molar-refractivity contribution in [1.29, 1.82) is 0 Å². The van der Waals surface area contributed by atoms with E-state index in [1.807, 2.05) is 6.92 Å². The quantitative estimate of drug-likeness (QED) is 0.856. The maximum absolute atomic E-state index is 13.5. The average molecular weight is 288 g/mol. The topological polar surface area (TPSA) is 66.9 Å². The van der Waals surface area contributed by atoms with E-state index in [-0.39, 0.29) is 24.0 Å². The summed E-state index contributed by atoms with van der Waals surface area (Å²) < 4.78 is 13.5. The van der Waals surface area contributed by atoms with Crippen LogP contribution in [-0.4, -0.2) is 22.4 Å². The van der Waals surface area contributed by atoms with Crippen LogP contribution in [0.25, 0.3) is 0 Å². The molecular formula is C15H17FN4O. The molecular weight excluding hydrogens is 271 g/mol. The fraction of sp³-hybridized carbons (Fsp3) is 0.267. The largest absolute Gasteiger partial charge is 0.370 e. The molecule has 0 saturated carbocycles. The first-order valence-corrected chi connectivity index (χ1v) is 6.78. The molecule has 5 nitrogen and oxygen atoms in total. The molecule has 2 N–H and O–H groups in total. The van der Waals surface area contributed by atoms with Gasteiger partial charge in [-0.1, -0.05) is 25.1 Å². The lowest BCUT2D eigenvalue weighted by Gasteiger charge is -2.07. The van der Waals surface area contributed by atoms with Crippen LogP contribution < -0.4 is 10.6 Å². The lowest BCUT2D eigenvalue weighted by molar-refractivity contribution is 0.0945. The summed E-state index contributed by atoms with van der Waals surface area (Å²) in [5.74, 6) is -0.103. The normalized spacial score (nSPS) is 10.2. The number of nitrogens with one attached hydrogen (secondary N) is 2. The maximum Gasteiger partial charge on any atom is 0.270 e. The van der Waals surface area contributed by atoms with Gasteiger partial charge in [-0.2, -0.15) is 0 Å². The molecule has 0 aliphatic carbocycles. The van der Waals surface area contributed by atoms with E-state index in [2.05, 4.69) is 20.6 Å². The number of halogens is 1. The van der Waals surface area contributed by atoms with Crippen LogP contribution in [0.5, 0.6) is 0 Å². The molecule has 0 saturated heterocycles. The molecule has 1 amide bonds. The van der Waals surface area contributed by atoms with Crippen molar-refractivity contribution in [2.24, 2.45) is 0 Å². The van der Waals surface area contributed by atoms with E-state index in [0.29, 0.717) is 11.4 Å². The van der Waals surface area contributed by atoms with Crippen LogP contribution in [0.4, 0.5) is 10.2 Å². The minimum atomic E-state index is -0.361. The van der Waals surface area contributed by atoms with Gasteiger partial charge in [-0.15, -0.1) is 0 Å². The summed E-state index contributed by atoms with van der Waals surface area (Å²) in [7, 11) is 0. The summed E-state index contributed by atoms with van der Waals surface area (Å²) in [5, 5.41) is 5.72. The Bertz CT molecular complexity index is 618. The van der Waals surface area contributed by atoms with Gasteiger partial charge in [0.2, 0.25) is 0 Å². The zero-order valence-electron chi connectivity index (χ0n) is 11.8. The van der Waals surface area contributed by atoms with Gasteiger partial charge in [0.05, 0.1) is 0 Å². The zero-order valence-corrected chi connectivity index (χ0v) is 11.8. The molecule has 0 bridgehead atoms. The van der Waals surface area contributed by atoms with Gasteiger partial charge in [0.15, 0.2) is 0 Å². The fourth-order valence-electron chi connectivity index (χ4n) is 1.74. The van der Waals surface area contributed by atoms with Gasteiger partial charge in [0, 0.05) is 24.7 Å². The molecule has 1 heterocycles. The third-order valence-corrected chi connectivity index (χ3v) is 2.85. The second kappa shape index (κ2) is 7.33. The van der Waals surface area contributed by atoms with Crippen molar-refractivity contribution >= 4 is 11.7 Å². The van der Waals surface area contributed by atoms with E-state index < -0.39 is 0 Å². The molecule has 2 aromatic rings. The van der Waals surface area contributed by atoms with Crippen LogP contribution in [0.3, 0.4) is 0 Å². The Kier molecular flexibility index (Phi) is 5.20. The molecule has 0 aliphatic rings. The third-order valence-electron chi connectivity index (χ3n) is 2.85. The number of hydrogen-bond donors (Lipinski definition) is 2. The summed E-state index contributed by atoms with van der Waals surface area (Å²) >= 11 is 0. The summed E-state index contributed by atoms with van der Waals surface area (Å²) in [6.45, 7) is 2.93. The first kappa shape index (κ1) is 14.9. The predicted octanol–water partition coefficient (Wildman–Crippen LogP) is 2.37. The van der Waals surface area contributed by atoms with Crippen molar-refractivity contribution in [2.75, 3.05) is 11.9 Å². The van der Waals surface area contributed by atoms with Crippen molar-refractivity contribution in [3.05, 3.63) is 53.7 Å². The van der Waals surface area contributed by atoms with Crippen molar-refractivity contribution < 1.29 is 9.18 Å². The number of rotatable bonds is 6. The van der Waals surface area contributed by atoms with Gasteiger partial charge in [-0.05, 0) is 12.5 Å². The average Bonchev–Trinajstić information content (AvgIpc) is 2.52. The van der Waals surface area contributed by atoms with Crippen LogP contribution >= 0.6 is 0 Å². The number of aromatic nitrogens is 2. The Labute approximate surface area is 122 Å². The van der Waals surface area contributed by atoms with E-state index in [0.717, 1.165) is 13.0 Å². The van der Waals surface area contributed by atoms with Gasteiger partial charge < -0.3 is 10.6 Å². The second-order valence-corrected chi connectivity index (χ2v) is 4.49. The highest BCUT2D eigenvalue weighted by molar-refractivity contribution is 5.92. The van der Waals surface area contributed by atoms with Crippen LogP contribution in [0.1, 0.15) is 29.4 Å². The van der Waals surface area contributed by atoms with Crippen LogP contribution in [-0.2, 0) is 6.54 Å². The highest BCUT2D eigenvalue weighted by Crippen LogP contribution is 2.07. The SMILES string of the molecule is CCCNc1cc(C(=O)NCc2ccccc2F)ncn1. The smallest absolute Gasteiger partial charge is 0.270 e. The molecule has 0 aliphatic heterocycles. The van der Waals surface area contributed by atoms with Gasteiger partial charge in [-0.3, -0.25) is 4.79 Å². The first-order chi connectivity index (χ1) is 10.2. The third kappa shape index (κ3) is 4.24. The number of amides is 1. The van der Waals surface area contributed by atoms with E-state index >= 15 is 0 Å². The molecule has 21 heavy (non-hydrogen) atoms. The molecule has 0 unspecified atom stereocenters. The Balaban J connectivity index is 1.98. The lowest BCUT2D eigenvalue weighted by Crippen LogP contribution is -2.24. The van der Waals surface area contributed by atoms with E-state index in [1.54, 1.807) is 24.3 Å². The van der Waals surface area contributed by atoms with E-state index in [1.165, 1.54) is 12.4 Å². The summed E-state index contributed by atoms with van der Waals surface area (Å²) in [6, 6.07) is 7.90. The lowest BCUT2D eigenvalue weighted by atomic mass is 10.2. The van der Waals surface area contributed by atoms with Crippen LogP contribution in [0, 0.1) is 5.82 Å². The molecule has 0 atom stereocenters. The van der Waals surface area contributed by atoms with Crippen molar-refractivity contribution in [3.63, 3.8) is 0 Å². The molecule has 110 valence electrons. The number of anilines is 1. The number of nitrogens with zero attached hydrogens (tertiary/aromatic N) is 2. The van der Waals surface area contributed by atoms with E-state index in [9.17, 15) is 9.18 Å². The summed E-state index contributed by atoms with van der Waals surface area (Å²) in [6.07, 6.45) is 2.29. The van der Waals surface area contributed by atoms with Crippen molar-refractivity contribution in [2.45, 2.75) is 19.9 Å². The Morgan fingerprint density at radius 1 is 1.29 bits per heavy atom. The minimum absolute atomic E-state index is 0.118. The van der Waals surface area contributed by atoms with Crippen LogP contribution in [0.15, 0.2) is 36.7 Å². The molecule has 6 heteroatoms. The van der Waals surface area contributed by atoms with Gasteiger partial charge in [0.1, 0.15) is 23.7 Å². The summed E-state index contributed by atoms with van der Waals surface area (Å²) in [4.78, 5) is 20.0. The number of benzene rings is 1. The summed E-state index contributed by atoms with van der Waals surface area (Å²) in [5.41, 5.74) is 0.684. The Hall–Kier alpha value is -2.50. The van der Waals surface area contributed by atoms with Gasteiger partial charge in [-0.25, -0.2) is 14.4 Å². The monoisotopic (exact) mass is 288 g/mol. The van der Waals surface area contributed by atoms with Gasteiger partial charge >= 0.3 is 0 Å². The van der Waals surface area contributed by atoms with E-state index in [4.69, 9.17) is 0 Å². The first-order valence-electron chi connectivity index (χ1n) is 6.78.